The summed E-state index contributed by atoms with van der Waals surface area (Å²) in [6.07, 6.45) is 1.78. The van der Waals surface area contributed by atoms with Crippen LogP contribution in [0.1, 0.15) is 30.5 Å². The Morgan fingerprint density at radius 1 is 0.889 bits per heavy atom. The third-order valence-corrected chi connectivity index (χ3v) is 4.79. The van der Waals surface area contributed by atoms with Crippen molar-refractivity contribution >= 4 is 5.91 Å². The molecule has 0 saturated heterocycles. The van der Waals surface area contributed by atoms with Gasteiger partial charge >= 0.3 is 0 Å². The number of hydrogen-bond donors (Lipinski definition) is 1. The van der Waals surface area contributed by atoms with Crippen LogP contribution in [0, 0.1) is 0 Å². The van der Waals surface area contributed by atoms with Crippen molar-refractivity contribution < 1.29 is 4.79 Å². The molecule has 2 aromatic carbocycles. The second-order valence-corrected chi connectivity index (χ2v) is 7.16. The van der Waals surface area contributed by atoms with Crippen molar-refractivity contribution in [3.63, 3.8) is 0 Å². The molecule has 3 rings (SSSR count). The molecule has 0 aliphatic heterocycles. The number of amides is 1. The van der Waals surface area contributed by atoms with E-state index in [0.717, 1.165) is 16.7 Å². The van der Waals surface area contributed by atoms with Gasteiger partial charge in [0.15, 0.2) is 0 Å². The molecule has 0 aliphatic carbocycles. The molecule has 138 valence electrons. The van der Waals surface area contributed by atoms with Crippen molar-refractivity contribution in [3.05, 3.63) is 106 Å². The van der Waals surface area contributed by atoms with Crippen molar-refractivity contribution in [3.8, 4) is 0 Å². The molecule has 0 spiro atoms. The first kappa shape index (κ1) is 18.6. The Morgan fingerprint density at radius 3 is 2.19 bits per heavy atom. The highest BCUT2D eigenvalue weighted by Gasteiger charge is 2.29. The van der Waals surface area contributed by atoms with E-state index in [0.29, 0.717) is 13.1 Å². The van der Waals surface area contributed by atoms with Crippen LogP contribution in [0.4, 0.5) is 0 Å². The first-order valence-corrected chi connectivity index (χ1v) is 9.04. The predicted molar refractivity (Wildman–Crippen MR) is 108 cm³/mol. The highest BCUT2D eigenvalue weighted by molar-refractivity contribution is 5.87. The second kappa shape index (κ2) is 8.04. The van der Waals surface area contributed by atoms with E-state index in [1.54, 1.807) is 22.9 Å². The Balaban J connectivity index is 1.61. The van der Waals surface area contributed by atoms with Crippen LogP contribution in [0.3, 0.4) is 0 Å². The van der Waals surface area contributed by atoms with E-state index >= 15 is 0 Å². The summed E-state index contributed by atoms with van der Waals surface area (Å²) in [5.41, 5.74) is 2.46. The molecule has 0 aliphatic rings. The molecule has 0 unspecified atom stereocenters. The summed E-state index contributed by atoms with van der Waals surface area (Å²) < 4.78 is 1.67. The van der Waals surface area contributed by atoms with Crippen molar-refractivity contribution in [1.29, 1.82) is 0 Å². The second-order valence-electron chi connectivity index (χ2n) is 7.16. The normalized spacial score (nSPS) is 11.2. The minimum atomic E-state index is -0.588. The molecule has 1 amide bonds. The van der Waals surface area contributed by atoms with Crippen molar-refractivity contribution in [2.75, 3.05) is 0 Å². The van der Waals surface area contributed by atoms with Gasteiger partial charge in [0, 0.05) is 18.8 Å². The van der Waals surface area contributed by atoms with Gasteiger partial charge in [-0.3, -0.25) is 9.59 Å². The van der Waals surface area contributed by atoms with Gasteiger partial charge in [-0.15, -0.1) is 0 Å². The molecule has 1 N–H and O–H groups in total. The first-order valence-electron chi connectivity index (χ1n) is 9.04. The van der Waals surface area contributed by atoms with Gasteiger partial charge in [-0.2, -0.15) is 0 Å². The maximum absolute atomic E-state index is 12.6. The number of carbonyl (C=O) groups is 1. The van der Waals surface area contributed by atoms with E-state index in [9.17, 15) is 9.59 Å². The lowest BCUT2D eigenvalue weighted by molar-refractivity contribution is -0.125. The predicted octanol–water partition coefficient (Wildman–Crippen LogP) is 3.49. The van der Waals surface area contributed by atoms with Gasteiger partial charge in [0.05, 0.1) is 12.0 Å². The molecule has 0 radical (unpaired) electrons. The summed E-state index contributed by atoms with van der Waals surface area (Å²) in [6, 6.07) is 22.9. The molecular formula is C23H24N2O2. The van der Waals surface area contributed by atoms with E-state index < -0.39 is 5.41 Å². The average molecular weight is 360 g/mol. The van der Waals surface area contributed by atoms with Crippen LogP contribution in [-0.2, 0) is 23.3 Å². The smallest absolute Gasteiger partial charge is 0.250 e. The summed E-state index contributed by atoms with van der Waals surface area (Å²) >= 11 is 0. The van der Waals surface area contributed by atoms with Crippen LogP contribution in [0.5, 0.6) is 0 Å². The van der Waals surface area contributed by atoms with Gasteiger partial charge < -0.3 is 9.88 Å². The van der Waals surface area contributed by atoms with E-state index in [4.69, 9.17) is 0 Å². The number of nitrogens with zero attached hydrogens (tertiary/aromatic N) is 1. The average Bonchev–Trinajstić information content (AvgIpc) is 2.69. The van der Waals surface area contributed by atoms with Crippen molar-refractivity contribution in [1.82, 2.24) is 9.88 Å². The van der Waals surface area contributed by atoms with Crippen LogP contribution in [0.15, 0.2) is 83.8 Å². The Morgan fingerprint density at radius 2 is 1.52 bits per heavy atom. The van der Waals surface area contributed by atoms with E-state index in [-0.39, 0.29) is 11.5 Å². The Labute approximate surface area is 159 Å². The molecule has 1 heterocycles. The number of benzene rings is 2. The molecule has 0 saturated carbocycles. The van der Waals surface area contributed by atoms with Crippen LogP contribution in [-0.4, -0.2) is 10.5 Å². The maximum Gasteiger partial charge on any atom is 0.250 e. The number of hydrogen-bond acceptors (Lipinski definition) is 2. The van der Waals surface area contributed by atoms with Gasteiger partial charge in [-0.1, -0.05) is 60.7 Å². The fourth-order valence-corrected chi connectivity index (χ4v) is 2.94. The van der Waals surface area contributed by atoms with Gasteiger partial charge in [0.25, 0.3) is 5.56 Å². The molecule has 4 heteroatoms. The Bertz CT molecular complexity index is 957. The third-order valence-electron chi connectivity index (χ3n) is 4.79. The molecule has 3 aromatic rings. The van der Waals surface area contributed by atoms with Crippen LogP contribution in [0.2, 0.25) is 0 Å². The Kier molecular flexibility index (Phi) is 5.55. The fraction of sp³-hybridized carbons (Fsp3) is 0.217. The van der Waals surface area contributed by atoms with Crippen molar-refractivity contribution in [2.45, 2.75) is 32.4 Å². The zero-order valence-electron chi connectivity index (χ0n) is 15.7. The zero-order chi connectivity index (χ0) is 19.3. The lowest BCUT2D eigenvalue weighted by atomic mass is 9.84. The molecule has 27 heavy (non-hydrogen) atoms. The van der Waals surface area contributed by atoms with Crippen LogP contribution < -0.4 is 10.9 Å². The fourth-order valence-electron chi connectivity index (χ4n) is 2.94. The summed E-state index contributed by atoms with van der Waals surface area (Å²) in [7, 11) is 0. The van der Waals surface area contributed by atoms with E-state index in [2.05, 4.69) is 5.32 Å². The quantitative estimate of drug-likeness (QED) is 0.732. The van der Waals surface area contributed by atoms with Gasteiger partial charge in [-0.05, 0) is 36.6 Å². The maximum atomic E-state index is 12.6. The topological polar surface area (TPSA) is 51.1 Å². The first-order chi connectivity index (χ1) is 13.0. The monoisotopic (exact) mass is 360 g/mol. The minimum Gasteiger partial charge on any atom is -0.351 e. The van der Waals surface area contributed by atoms with Crippen LogP contribution in [0.25, 0.3) is 0 Å². The summed E-state index contributed by atoms with van der Waals surface area (Å²) in [5, 5.41) is 3.02. The number of aromatic nitrogens is 1. The van der Waals surface area contributed by atoms with Crippen molar-refractivity contribution in [2.24, 2.45) is 0 Å². The highest BCUT2D eigenvalue weighted by Crippen LogP contribution is 2.23. The SMILES string of the molecule is CC(C)(C(=O)NCc1ccc(Cn2ccccc2=O)cc1)c1ccccc1. The third kappa shape index (κ3) is 4.53. The Hall–Kier alpha value is -3.14. The van der Waals surface area contributed by atoms with Gasteiger partial charge in [-0.25, -0.2) is 0 Å². The molecule has 0 fully saturated rings. The molecule has 4 nitrogen and oxygen atoms in total. The summed E-state index contributed by atoms with van der Waals surface area (Å²) in [5.74, 6) is -0.00591. The van der Waals surface area contributed by atoms with E-state index in [1.165, 1.54) is 0 Å². The minimum absolute atomic E-state index is 0.00591. The van der Waals surface area contributed by atoms with Gasteiger partial charge in [0.1, 0.15) is 0 Å². The zero-order valence-corrected chi connectivity index (χ0v) is 15.7. The number of pyridine rings is 1. The number of nitrogens with one attached hydrogen (secondary N) is 1. The molecule has 0 bridgehead atoms. The standard InChI is InChI=1S/C23H24N2O2/c1-23(2,20-8-4-3-5-9-20)22(27)24-16-18-11-13-19(14-12-18)17-25-15-7-6-10-21(25)26/h3-15H,16-17H2,1-2H3,(H,24,27). The molecule has 0 atom stereocenters. The molecule has 1 aromatic heterocycles. The number of rotatable bonds is 6. The lowest BCUT2D eigenvalue weighted by Crippen LogP contribution is -2.39. The summed E-state index contributed by atoms with van der Waals surface area (Å²) in [4.78, 5) is 24.4. The largest absolute Gasteiger partial charge is 0.351 e. The number of carbonyl (C=O) groups excluding carboxylic acids is 1. The van der Waals surface area contributed by atoms with Crippen LogP contribution >= 0.6 is 0 Å². The molecular weight excluding hydrogens is 336 g/mol. The van der Waals surface area contributed by atoms with E-state index in [1.807, 2.05) is 74.5 Å². The van der Waals surface area contributed by atoms with Gasteiger partial charge in [0.2, 0.25) is 5.91 Å². The highest BCUT2D eigenvalue weighted by atomic mass is 16.2. The lowest BCUT2D eigenvalue weighted by Gasteiger charge is -2.24. The summed E-state index contributed by atoms with van der Waals surface area (Å²) in [6.45, 7) is 4.87.